The van der Waals surface area contributed by atoms with Crippen LogP contribution in [0.3, 0.4) is 0 Å². The van der Waals surface area contributed by atoms with Crippen molar-refractivity contribution in [3.05, 3.63) is 52.5 Å². The van der Waals surface area contributed by atoms with E-state index in [0.717, 1.165) is 10.2 Å². The first-order valence-corrected chi connectivity index (χ1v) is 9.07. The number of hydrogen-bond acceptors (Lipinski definition) is 6. The SMILES string of the molecule is Cc1cc(NC(=O)CSc2nnnn2-c2ccc(Br)cc2)ccc1O. The van der Waals surface area contributed by atoms with Gasteiger partial charge in [0.25, 0.3) is 0 Å². The summed E-state index contributed by atoms with van der Waals surface area (Å²) in [6.45, 7) is 1.77. The summed E-state index contributed by atoms with van der Waals surface area (Å²) >= 11 is 4.62. The van der Waals surface area contributed by atoms with Gasteiger partial charge in [-0.2, -0.15) is 4.68 Å². The molecule has 2 aromatic carbocycles. The van der Waals surface area contributed by atoms with Crippen LogP contribution in [0.15, 0.2) is 52.1 Å². The lowest BCUT2D eigenvalue weighted by Crippen LogP contribution is -2.14. The zero-order chi connectivity index (χ0) is 17.8. The quantitative estimate of drug-likeness (QED) is 0.487. The smallest absolute Gasteiger partial charge is 0.234 e. The van der Waals surface area contributed by atoms with Crippen LogP contribution in [0.2, 0.25) is 0 Å². The fourth-order valence-electron chi connectivity index (χ4n) is 2.07. The maximum atomic E-state index is 12.1. The van der Waals surface area contributed by atoms with E-state index in [2.05, 4.69) is 36.8 Å². The van der Waals surface area contributed by atoms with Crippen molar-refractivity contribution in [3.8, 4) is 11.4 Å². The van der Waals surface area contributed by atoms with Crippen molar-refractivity contribution < 1.29 is 9.90 Å². The highest BCUT2D eigenvalue weighted by Crippen LogP contribution is 2.22. The van der Waals surface area contributed by atoms with Gasteiger partial charge in [0.15, 0.2) is 0 Å². The van der Waals surface area contributed by atoms with Crippen LogP contribution in [-0.4, -0.2) is 37.0 Å². The number of anilines is 1. The highest BCUT2D eigenvalue weighted by atomic mass is 79.9. The monoisotopic (exact) mass is 419 g/mol. The number of carbonyl (C=O) groups excluding carboxylic acids is 1. The normalized spacial score (nSPS) is 10.6. The molecule has 0 saturated carbocycles. The first-order valence-electron chi connectivity index (χ1n) is 7.29. The topological polar surface area (TPSA) is 92.9 Å². The largest absolute Gasteiger partial charge is 0.508 e. The summed E-state index contributed by atoms with van der Waals surface area (Å²) < 4.78 is 2.54. The Hall–Kier alpha value is -2.39. The molecule has 0 aliphatic carbocycles. The molecule has 3 aromatic rings. The number of halogens is 1. The molecular weight excluding hydrogens is 406 g/mol. The van der Waals surface area contributed by atoms with E-state index in [9.17, 15) is 9.90 Å². The molecule has 0 aliphatic rings. The van der Waals surface area contributed by atoms with E-state index < -0.39 is 0 Å². The van der Waals surface area contributed by atoms with Gasteiger partial charge in [-0.15, -0.1) is 5.10 Å². The summed E-state index contributed by atoms with van der Waals surface area (Å²) in [5.74, 6) is 0.179. The van der Waals surface area contributed by atoms with Gasteiger partial charge in [-0.25, -0.2) is 0 Å². The van der Waals surface area contributed by atoms with E-state index >= 15 is 0 Å². The maximum Gasteiger partial charge on any atom is 0.234 e. The first kappa shape index (κ1) is 17.4. The van der Waals surface area contributed by atoms with Gasteiger partial charge >= 0.3 is 0 Å². The first-order chi connectivity index (χ1) is 12.0. The molecular formula is C16H14BrN5O2S. The van der Waals surface area contributed by atoms with Crippen LogP contribution < -0.4 is 5.32 Å². The van der Waals surface area contributed by atoms with Crippen molar-refractivity contribution in [1.82, 2.24) is 20.2 Å². The summed E-state index contributed by atoms with van der Waals surface area (Å²) in [6.07, 6.45) is 0. The molecule has 0 spiro atoms. The number of aromatic nitrogens is 4. The Morgan fingerprint density at radius 3 is 2.76 bits per heavy atom. The number of nitrogens with one attached hydrogen (secondary N) is 1. The van der Waals surface area contributed by atoms with E-state index in [-0.39, 0.29) is 17.4 Å². The predicted octanol–water partition coefficient (Wildman–Crippen LogP) is 3.17. The van der Waals surface area contributed by atoms with Gasteiger partial charge < -0.3 is 10.4 Å². The molecule has 0 fully saturated rings. The van der Waals surface area contributed by atoms with Gasteiger partial charge in [0.05, 0.1) is 11.4 Å². The third-order valence-electron chi connectivity index (χ3n) is 3.33. The van der Waals surface area contributed by atoms with Crippen LogP contribution in [0.1, 0.15) is 5.56 Å². The van der Waals surface area contributed by atoms with Gasteiger partial charge in [0, 0.05) is 10.2 Å². The number of phenols is 1. The number of hydrogen-bond donors (Lipinski definition) is 2. The Kier molecular flexibility index (Phi) is 5.34. The van der Waals surface area contributed by atoms with Crippen LogP contribution in [0.25, 0.3) is 5.69 Å². The standard InChI is InChI=1S/C16H14BrN5O2S/c1-10-8-12(4-7-14(10)23)18-15(24)9-25-16-19-20-21-22(16)13-5-2-11(17)3-6-13/h2-8,23H,9H2,1H3,(H,18,24). The van der Waals surface area contributed by atoms with Gasteiger partial charge in [-0.3, -0.25) is 4.79 Å². The molecule has 2 N–H and O–H groups in total. The molecule has 128 valence electrons. The maximum absolute atomic E-state index is 12.1. The second-order valence-electron chi connectivity index (χ2n) is 5.19. The molecule has 7 nitrogen and oxygen atoms in total. The van der Waals surface area contributed by atoms with Crippen molar-refractivity contribution in [2.75, 3.05) is 11.1 Å². The Labute approximate surface area is 156 Å². The molecule has 3 rings (SSSR count). The van der Waals surface area contributed by atoms with E-state index in [0.29, 0.717) is 16.4 Å². The van der Waals surface area contributed by atoms with Crippen LogP contribution >= 0.6 is 27.7 Å². The molecule has 0 atom stereocenters. The minimum Gasteiger partial charge on any atom is -0.508 e. The number of phenolic OH excluding ortho intramolecular Hbond substituents is 1. The van der Waals surface area contributed by atoms with Crippen molar-refractivity contribution >= 4 is 39.3 Å². The third-order valence-corrected chi connectivity index (χ3v) is 4.77. The highest BCUT2D eigenvalue weighted by Gasteiger charge is 2.12. The number of rotatable bonds is 5. The van der Waals surface area contributed by atoms with Crippen LogP contribution in [-0.2, 0) is 4.79 Å². The third kappa shape index (κ3) is 4.37. The van der Waals surface area contributed by atoms with Gasteiger partial charge in [0.1, 0.15) is 5.75 Å². The summed E-state index contributed by atoms with van der Waals surface area (Å²) in [6, 6.07) is 12.5. The zero-order valence-corrected chi connectivity index (χ0v) is 15.6. The number of aryl methyl sites for hydroxylation is 1. The molecule has 0 radical (unpaired) electrons. The molecule has 1 aromatic heterocycles. The number of thioether (sulfide) groups is 1. The molecule has 0 saturated heterocycles. The Morgan fingerprint density at radius 2 is 2.04 bits per heavy atom. The zero-order valence-electron chi connectivity index (χ0n) is 13.2. The van der Waals surface area contributed by atoms with Crippen LogP contribution in [0.4, 0.5) is 5.69 Å². The number of nitrogens with zero attached hydrogens (tertiary/aromatic N) is 4. The highest BCUT2D eigenvalue weighted by molar-refractivity contribution is 9.10. The van der Waals surface area contributed by atoms with Crippen molar-refractivity contribution in [1.29, 1.82) is 0 Å². The van der Waals surface area contributed by atoms with E-state index in [1.165, 1.54) is 11.8 Å². The van der Waals surface area contributed by atoms with Crippen molar-refractivity contribution in [2.45, 2.75) is 12.1 Å². The molecule has 0 unspecified atom stereocenters. The average molecular weight is 420 g/mol. The Balaban J connectivity index is 1.64. The molecule has 0 aliphatic heterocycles. The van der Waals surface area contributed by atoms with Gasteiger partial charge in [-0.05, 0) is 65.4 Å². The molecule has 1 heterocycles. The number of tetrazole rings is 1. The second-order valence-corrected chi connectivity index (χ2v) is 7.05. The number of amides is 1. The van der Waals surface area contributed by atoms with E-state index in [4.69, 9.17) is 0 Å². The van der Waals surface area contributed by atoms with Crippen molar-refractivity contribution in [3.63, 3.8) is 0 Å². The lowest BCUT2D eigenvalue weighted by molar-refractivity contribution is -0.113. The van der Waals surface area contributed by atoms with E-state index in [1.807, 2.05) is 24.3 Å². The predicted molar refractivity (Wildman–Crippen MR) is 99.1 cm³/mol. The molecule has 1 amide bonds. The summed E-state index contributed by atoms with van der Waals surface area (Å²) in [5, 5.41) is 24.4. The lowest BCUT2D eigenvalue weighted by atomic mass is 10.2. The Bertz CT molecular complexity index is 898. The lowest BCUT2D eigenvalue weighted by Gasteiger charge is -2.07. The van der Waals surface area contributed by atoms with Gasteiger partial charge in [-0.1, -0.05) is 27.7 Å². The summed E-state index contributed by atoms with van der Waals surface area (Å²) in [4.78, 5) is 12.1. The van der Waals surface area contributed by atoms with Crippen LogP contribution in [0, 0.1) is 6.92 Å². The fraction of sp³-hybridized carbons (Fsp3) is 0.125. The molecule has 25 heavy (non-hydrogen) atoms. The Morgan fingerprint density at radius 1 is 1.28 bits per heavy atom. The fourth-order valence-corrected chi connectivity index (χ4v) is 3.03. The average Bonchev–Trinajstić information content (AvgIpc) is 3.06. The van der Waals surface area contributed by atoms with Gasteiger partial charge in [0.2, 0.25) is 11.1 Å². The minimum atomic E-state index is -0.180. The van der Waals surface area contributed by atoms with Crippen LogP contribution in [0.5, 0.6) is 5.75 Å². The summed E-state index contributed by atoms with van der Waals surface area (Å²) in [5.41, 5.74) is 2.14. The number of benzene rings is 2. The van der Waals surface area contributed by atoms with Crippen molar-refractivity contribution in [2.24, 2.45) is 0 Å². The number of aromatic hydroxyl groups is 1. The molecule has 0 bridgehead atoms. The van der Waals surface area contributed by atoms with E-state index in [1.54, 1.807) is 29.8 Å². The minimum absolute atomic E-state index is 0.164. The summed E-state index contributed by atoms with van der Waals surface area (Å²) in [7, 11) is 0. The second kappa shape index (κ2) is 7.66. The molecule has 9 heteroatoms. The number of carbonyl (C=O) groups is 1.